The Bertz CT molecular complexity index is 402. The van der Waals surface area contributed by atoms with Crippen LogP contribution in [0.25, 0.3) is 0 Å². The molecule has 0 saturated carbocycles. The molecule has 1 amide bonds. The standard InChI is InChI=1S/C17H35NO3SSi/c1-16(2,3)21-15(19)18-14-12-22-10-9-13(14)11-20-23(7,8)17(4,5)6/h13-14H,9-12H2,1-8H3,(H,18,19). The van der Waals surface area contributed by atoms with E-state index >= 15 is 0 Å². The van der Waals surface area contributed by atoms with E-state index in [-0.39, 0.29) is 17.2 Å². The number of ether oxygens (including phenoxy) is 1. The molecule has 4 nitrogen and oxygen atoms in total. The molecule has 0 aliphatic carbocycles. The van der Waals surface area contributed by atoms with Gasteiger partial charge in [0.2, 0.25) is 0 Å². The predicted octanol–water partition coefficient (Wildman–Crippen LogP) is 4.65. The summed E-state index contributed by atoms with van der Waals surface area (Å²) in [6.07, 6.45) is 0.766. The Morgan fingerprint density at radius 2 is 1.83 bits per heavy atom. The molecule has 2 unspecified atom stereocenters. The van der Waals surface area contributed by atoms with Gasteiger partial charge in [-0.25, -0.2) is 4.79 Å². The molecule has 1 aliphatic heterocycles. The molecule has 1 fully saturated rings. The first-order valence-corrected chi connectivity index (χ1v) is 12.6. The molecular formula is C17H35NO3SSi. The third-order valence-electron chi connectivity index (χ3n) is 4.67. The lowest BCUT2D eigenvalue weighted by molar-refractivity contribution is 0.0479. The summed E-state index contributed by atoms with van der Waals surface area (Å²) < 4.78 is 11.8. The summed E-state index contributed by atoms with van der Waals surface area (Å²) in [5.74, 6) is 2.45. The SMILES string of the molecule is CC(C)(C)OC(=O)NC1CSCCC1CO[Si](C)(C)C(C)(C)C. The van der Waals surface area contributed by atoms with Crippen molar-refractivity contribution < 1.29 is 14.0 Å². The second-order valence-electron chi connectivity index (χ2n) is 8.95. The number of carbonyl (C=O) groups is 1. The zero-order valence-corrected chi connectivity index (χ0v) is 17.9. The van der Waals surface area contributed by atoms with Gasteiger partial charge in [-0.3, -0.25) is 0 Å². The molecule has 136 valence electrons. The maximum absolute atomic E-state index is 12.1. The minimum Gasteiger partial charge on any atom is -0.444 e. The molecule has 1 N–H and O–H groups in total. The largest absolute Gasteiger partial charge is 0.444 e. The Morgan fingerprint density at radius 1 is 1.22 bits per heavy atom. The molecule has 0 bridgehead atoms. The van der Waals surface area contributed by atoms with Crippen molar-refractivity contribution in [3.8, 4) is 0 Å². The first kappa shape index (κ1) is 20.8. The van der Waals surface area contributed by atoms with Crippen molar-refractivity contribution >= 4 is 26.2 Å². The van der Waals surface area contributed by atoms with E-state index in [2.05, 4.69) is 39.2 Å². The second kappa shape index (κ2) is 7.79. The average molecular weight is 362 g/mol. The number of hydrogen-bond donors (Lipinski definition) is 1. The highest BCUT2D eigenvalue weighted by Gasteiger charge is 2.39. The average Bonchev–Trinajstić information content (AvgIpc) is 2.34. The van der Waals surface area contributed by atoms with E-state index in [1.165, 1.54) is 0 Å². The Morgan fingerprint density at radius 3 is 2.35 bits per heavy atom. The van der Waals surface area contributed by atoms with Crippen LogP contribution in [-0.4, -0.2) is 44.2 Å². The third-order valence-corrected chi connectivity index (χ3v) is 10.3. The van der Waals surface area contributed by atoms with Gasteiger partial charge < -0.3 is 14.5 Å². The van der Waals surface area contributed by atoms with Gasteiger partial charge in [-0.05, 0) is 51.1 Å². The molecule has 1 heterocycles. The molecule has 23 heavy (non-hydrogen) atoms. The highest BCUT2D eigenvalue weighted by molar-refractivity contribution is 7.99. The van der Waals surface area contributed by atoms with Gasteiger partial charge >= 0.3 is 6.09 Å². The molecule has 0 aromatic rings. The van der Waals surface area contributed by atoms with E-state index in [9.17, 15) is 4.79 Å². The minimum atomic E-state index is -1.75. The van der Waals surface area contributed by atoms with Crippen LogP contribution in [0.1, 0.15) is 48.0 Å². The summed E-state index contributed by atoms with van der Waals surface area (Å²) in [5, 5.41) is 3.27. The first-order valence-electron chi connectivity index (χ1n) is 8.53. The summed E-state index contributed by atoms with van der Waals surface area (Å²) in [6, 6.07) is 0.133. The van der Waals surface area contributed by atoms with Gasteiger partial charge in [-0.2, -0.15) is 11.8 Å². The molecular weight excluding hydrogens is 326 g/mol. The van der Waals surface area contributed by atoms with E-state index in [1.807, 2.05) is 32.5 Å². The number of nitrogens with one attached hydrogen (secondary N) is 1. The van der Waals surface area contributed by atoms with Crippen molar-refractivity contribution in [3.63, 3.8) is 0 Å². The van der Waals surface area contributed by atoms with E-state index < -0.39 is 13.9 Å². The number of hydrogen-bond acceptors (Lipinski definition) is 4. The van der Waals surface area contributed by atoms with Crippen molar-refractivity contribution in [2.45, 2.75) is 77.7 Å². The number of alkyl carbamates (subject to hydrolysis) is 1. The van der Waals surface area contributed by atoms with Crippen LogP contribution in [0.5, 0.6) is 0 Å². The highest BCUT2D eigenvalue weighted by Crippen LogP contribution is 2.37. The summed E-state index contributed by atoms with van der Waals surface area (Å²) in [5.41, 5.74) is -0.459. The van der Waals surface area contributed by atoms with Crippen LogP contribution < -0.4 is 5.32 Å². The fourth-order valence-electron chi connectivity index (χ4n) is 2.13. The summed E-state index contributed by atoms with van der Waals surface area (Å²) in [7, 11) is -1.75. The third kappa shape index (κ3) is 7.06. The van der Waals surface area contributed by atoms with Crippen LogP contribution in [-0.2, 0) is 9.16 Å². The number of thioether (sulfide) groups is 1. The van der Waals surface area contributed by atoms with Crippen LogP contribution in [0, 0.1) is 5.92 Å². The van der Waals surface area contributed by atoms with Gasteiger partial charge in [0.15, 0.2) is 8.32 Å². The Balaban J connectivity index is 2.60. The Labute approximate surface area is 147 Å². The lowest BCUT2D eigenvalue weighted by atomic mass is 9.99. The van der Waals surface area contributed by atoms with Gasteiger partial charge in [0, 0.05) is 24.3 Å². The molecule has 1 rings (SSSR count). The highest BCUT2D eigenvalue weighted by atomic mass is 32.2. The van der Waals surface area contributed by atoms with Crippen molar-refractivity contribution in [1.82, 2.24) is 5.32 Å². The van der Waals surface area contributed by atoms with Crippen LogP contribution in [0.4, 0.5) is 4.79 Å². The van der Waals surface area contributed by atoms with Crippen LogP contribution in [0.3, 0.4) is 0 Å². The predicted molar refractivity (Wildman–Crippen MR) is 102 cm³/mol. The fraction of sp³-hybridized carbons (Fsp3) is 0.941. The lowest BCUT2D eigenvalue weighted by Crippen LogP contribution is -2.49. The molecule has 2 atom stereocenters. The molecule has 0 spiro atoms. The molecule has 0 radical (unpaired) electrons. The summed E-state index contributed by atoms with van der Waals surface area (Å²) in [4.78, 5) is 12.1. The van der Waals surface area contributed by atoms with Crippen LogP contribution in [0.15, 0.2) is 0 Å². The van der Waals surface area contributed by atoms with Gasteiger partial charge in [0.25, 0.3) is 0 Å². The summed E-state index contributed by atoms with van der Waals surface area (Å²) >= 11 is 1.89. The van der Waals surface area contributed by atoms with E-state index in [0.717, 1.165) is 24.5 Å². The Kier molecular flexibility index (Phi) is 7.05. The van der Waals surface area contributed by atoms with Crippen molar-refractivity contribution in [3.05, 3.63) is 0 Å². The normalized spacial score (nSPS) is 23.5. The molecule has 0 aromatic heterocycles. The van der Waals surface area contributed by atoms with E-state index in [4.69, 9.17) is 9.16 Å². The van der Waals surface area contributed by atoms with Gasteiger partial charge in [-0.1, -0.05) is 20.8 Å². The zero-order chi connectivity index (χ0) is 17.9. The van der Waals surface area contributed by atoms with Crippen LogP contribution in [0.2, 0.25) is 18.1 Å². The maximum Gasteiger partial charge on any atom is 0.407 e. The lowest BCUT2D eigenvalue weighted by Gasteiger charge is -2.39. The number of amides is 1. The topological polar surface area (TPSA) is 47.6 Å². The quantitative estimate of drug-likeness (QED) is 0.740. The second-order valence-corrected chi connectivity index (χ2v) is 14.9. The van der Waals surface area contributed by atoms with Gasteiger partial charge in [0.1, 0.15) is 5.60 Å². The molecule has 1 aliphatic rings. The first-order chi connectivity index (χ1) is 10.3. The van der Waals surface area contributed by atoms with E-state index in [0.29, 0.717) is 5.92 Å². The molecule has 6 heteroatoms. The minimum absolute atomic E-state index is 0.133. The Hall–Kier alpha value is -0.203. The monoisotopic (exact) mass is 361 g/mol. The van der Waals surface area contributed by atoms with E-state index in [1.54, 1.807) is 0 Å². The van der Waals surface area contributed by atoms with Gasteiger partial charge in [0.05, 0.1) is 0 Å². The molecule has 0 aromatic carbocycles. The van der Waals surface area contributed by atoms with Crippen molar-refractivity contribution in [1.29, 1.82) is 0 Å². The molecule has 1 saturated heterocycles. The van der Waals surface area contributed by atoms with Gasteiger partial charge in [-0.15, -0.1) is 0 Å². The fourth-order valence-corrected chi connectivity index (χ4v) is 4.44. The number of carbonyl (C=O) groups excluding carboxylic acids is 1. The van der Waals surface area contributed by atoms with Crippen LogP contribution >= 0.6 is 11.8 Å². The van der Waals surface area contributed by atoms with Crippen molar-refractivity contribution in [2.75, 3.05) is 18.1 Å². The maximum atomic E-state index is 12.1. The smallest absolute Gasteiger partial charge is 0.407 e. The number of rotatable bonds is 4. The van der Waals surface area contributed by atoms with Crippen molar-refractivity contribution in [2.24, 2.45) is 5.92 Å². The summed E-state index contributed by atoms with van der Waals surface area (Å²) in [6.45, 7) is 17.7. The zero-order valence-electron chi connectivity index (χ0n) is 16.1.